The Balaban J connectivity index is 0. The van der Waals surface area contributed by atoms with Gasteiger partial charge in [-0.05, 0) is 0 Å². The number of hydrogen-bond acceptors (Lipinski definition) is 0. The molecule has 0 spiro atoms. The summed E-state index contributed by atoms with van der Waals surface area (Å²) in [6, 6.07) is 0. The van der Waals surface area contributed by atoms with E-state index in [1.807, 2.05) is 0 Å². The first-order valence-corrected chi connectivity index (χ1v) is 0. The molecule has 0 aromatic carbocycles. The second-order valence-corrected chi connectivity index (χ2v) is 0. The molecule has 0 aliphatic heterocycles. The molecule has 7 heavy (non-hydrogen) atoms. The van der Waals surface area contributed by atoms with E-state index in [-0.39, 0.29) is 49.4 Å². The van der Waals surface area contributed by atoms with Crippen molar-refractivity contribution in [1.82, 2.24) is 0 Å². The van der Waals surface area contributed by atoms with Gasteiger partial charge in [-0.15, -0.1) is 0 Å². The van der Waals surface area contributed by atoms with Crippen LogP contribution in [0.1, 0.15) is 0 Å². The molecule has 0 aromatic heterocycles. The Bertz CT molecular complexity index is 8.04. The van der Waals surface area contributed by atoms with Crippen LogP contribution in [0.5, 0.6) is 0 Å². The predicted octanol–water partition coefficient (Wildman–Crippen LogP) is -15.8. The van der Waals surface area contributed by atoms with Gasteiger partial charge in [0.15, 0.2) is 0 Å². The quantitative estimate of drug-likeness (QED) is 0.398. The van der Waals surface area contributed by atoms with Crippen molar-refractivity contribution >= 4 is 0 Å². The molecule has 0 atom stereocenters. The molecule has 1 radical (unpaired) electrons. The summed E-state index contributed by atoms with van der Waals surface area (Å²) in [5, 5.41) is 0. The Hall–Kier alpha value is 0.272. The van der Waals surface area contributed by atoms with E-state index in [0.29, 0.717) is 0 Å². The Morgan fingerprint density at radius 3 is 0.429 bits per heavy atom. The van der Waals surface area contributed by atoms with Gasteiger partial charge in [-0.25, -0.2) is 0 Å². The summed E-state index contributed by atoms with van der Waals surface area (Å²) in [5.41, 5.74) is 0. The van der Waals surface area contributed by atoms with Gasteiger partial charge < -0.3 is 29.0 Å². The zero-order chi connectivity index (χ0) is 0. The zero-order valence-electron chi connectivity index (χ0n) is 2.77. The summed E-state index contributed by atoms with van der Waals surface area (Å²) < 4.78 is 0. The van der Waals surface area contributed by atoms with E-state index in [0.717, 1.165) is 0 Å². The van der Waals surface area contributed by atoms with E-state index in [2.05, 4.69) is 0 Å². The van der Waals surface area contributed by atoms with Crippen LogP contribution in [0.25, 0.3) is 0 Å². The first-order chi connectivity index (χ1) is 0. The summed E-state index contributed by atoms with van der Waals surface area (Å²) in [6.45, 7) is 0. The summed E-state index contributed by atoms with van der Waals surface area (Å²) in [7, 11) is 0. The maximum absolute atomic E-state index is 0. The number of rotatable bonds is 0. The van der Waals surface area contributed by atoms with Gasteiger partial charge >= 0.3 is 0 Å². The minimum Gasteiger partial charge on any atom is -1.00 e. The number of hydrogen-bond donors (Lipinski definition) is 0. The van der Waals surface area contributed by atoms with Crippen LogP contribution in [0.3, 0.4) is 0 Å². The van der Waals surface area contributed by atoms with Crippen molar-refractivity contribution in [2.45, 2.75) is 0 Å². The SMILES string of the molecule is O.[F-].[F-].[F-].[F-].[F-].[Re]. The van der Waals surface area contributed by atoms with Crippen molar-refractivity contribution in [1.29, 1.82) is 0 Å². The molecule has 0 rings (SSSR count). The standard InChI is InChI=1S/5FH.H2O.Re/h5*1H;1H2;/p-5. The first-order valence-electron chi connectivity index (χ1n) is 0. The zero-order valence-corrected chi connectivity index (χ0v) is 5.48. The maximum atomic E-state index is 0. The normalized spacial score (nSPS) is 0. The number of halogens is 5. The van der Waals surface area contributed by atoms with Gasteiger partial charge in [0.2, 0.25) is 0 Å². The fourth-order valence-corrected chi connectivity index (χ4v) is 0. The van der Waals surface area contributed by atoms with Crippen molar-refractivity contribution in [3.05, 3.63) is 0 Å². The van der Waals surface area contributed by atoms with Gasteiger partial charge in [-0.2, -0.15) is 0 Å². The topological polar surface area (TPSA) is 31.5 Å². The van der Waals surface area contributed by atoms with Crippen molar-refractivity contribution in [2.75, 3.05) is 0 Å². The van der Waals surface area contributed by atoms with Gasteiger partial charge in [0.05, 0.1) is 0 Å². The van der Waals surface area contributed by atoms with Crippen LogP contribution in [0.2, 0.25) is 0 Å². The molecule has 0 heterocycles. The fourth-order valence-electron chi connectivity index (χ4n) is 0. The smallest absolute Gasteiger partial charge is 0 e. The van der Waals surface area contributed by atoms with E-state index in [1.54, 1.807) is 0 Å². The minimum absolute atomic E-state index is 0. The summed E-state index contributed by atoms with van der Waals surface area (Å²) in [5.74, 6) is 0. The van der Waals surface area contributed by atoms with Crippen LogP contribution in [0.4, 0.5) is 0 Å². The molecular formula is H2F5ORe-5. The molecule has 0 saturated carbocycles. The van der Waals surface area contributed by atoms with Gasteiger partial charge in [-0.1, -0.05) is 0 Å². The van der Waals surface area contributed by atoms with Gasteiger partial charge in [0.1, 0.15) is 0 Å². The van der Waals surface area contributed by atoms with Gasteiger partial charge in [0.25, 0.3) is 0 Å². The van der Waals surface area contributed by atoms with Crippen LogP contribution >= 0.6 is 0 Å². The van der Waals surface area contributed by atoms with Crippen molar-refractivity contribution in [3.63, 3.8) is 0 Å². The third kappa shape index (κ3) is 1540. The van der Waals surface area contributed by atoms with Crippen LogP contribution < -0.4 is 23.5 Å². The molecule has 1 nitrogen and oxygen atoms in total. The van der Waals surface area contributed by atoms with E-state index in [4.69, 9.17) is 0 Å². The van der Waals surface area contributed by atoms with E-state index >= 15 is 0 Å². The van der Waals surface area contributed by atoms with Crippen LogP contribution in [-0.2, 0) is 20.4 Å². The Morgan fingerprint density at radius 2 is 0.429 bits per heavy atom. The maximum Gasteiger partial charge on any atom is 0 e. The van der Waals surface area contributed by atoms with Crippen LogP contribution in [0, 0.1) is 0 Å². The third-order valence-corrected chi connectivity index (χ3v) is 0. The Morgan fingerprint density at radius 1 is 0.429 bits per heavy atom. The molecule has 0 amide bonds. The molecule has 0 unspecified atom stereocenters. The average molecular weight is 299 g/mol. The van der Waals surface area contributed by atoms with Crippen molar-refractivity contribution in [2.24, 2.45) is 0 Å². The summed E-state index contributed by atoms with van der Waals surface area (Å²) >= 11 is 0. The summed E-state index contributed by atoms with van der Waals surface area (Å²) in [4.78, 5) is 0. The monoisotopic (exact) mass is 300 g/mol. The van der Waals surface area contributed by atoms with E-state index in [1.165, 1.54) is 0 Å². The second-order valence-electron chi connectivity index (χ2n) is 0. The molecule has 55 valence electrons. The molecule has 0 aromatic rings. The third-order valence-electron chi connectivity index (χ3n) is 0. The Labute approximate surface area is 50.3 Å². The van der Waals surface area contributed by atoms with Crippen molar-refractivity contribution < 1.29 is 49.4 Å². The first kappa shape index (κ1) is 3860. The molecular weight excluding hydrogens is 297 g/mol. The molecule has 0 aliphatic carbocycles. The van der Waals surface area contributed by atoms with E-state index in [9.17, 15) is 0 Å². The van der Waals surface area contributed by atoms with Crippen LogP contribution in [-0.4, -0.2) is 5.48 Å². The molecule has 0 saturated heterocycles. The molecule has 0 bridgehead atoms. The average Bonchev–Trinajstić information content (AvgIpc) is 0. The molecule has 2 N–H and O–H groups in total. The summed E-state index contributed by atoms with van der Waals surface area (Å²) in [6.07, 6.45) is 0. The molecule has 0 fully saturated rings. The van der Waals surface area contributed by atoms with Gasteiger partial charge in [0, 0.05) is 20.4 Å². The van der Waals surface area contributed by atoms with Crippen molar-refractivity contribution in [3.8, 4) is 0 Å². The second kappa shape index (κ2) is 2350. The van der Waals surface area contributed by atoms with Crippen LogP contribution in [0.15, 0.2) is 0 Å². The van der Waals surface area contributed by atoms with E-state index < -0.39 is 0 Å². The fraction of sp³-hybridized carbons (Fsp3) is 0. The minimum atomic E-state index is 0. The molecule has 0 aliphatic rings. The predicted molar refractivity (Wildman–Crippen MR) is 3.61 cm³/mol. The largest absolute Gasteiger partial charge is 1.00 e. The Kier molecular flexibility index (Phi) is 1300000. The van der Waals surface area contributed by atoms with Gasteiger partial charge in [-0.3, -0.25) is 0 Å². The molecule has 7 heteroatoms.